The third-order valence-electron chi connectivity index (χ3n) is 4.99. The predicted octanol–water partition coefficient (Wildman–Crippen LogP) is 3.87. The van der Waals surface area contributed by atoms with Crippen molar-refractivity contribution in [1.29, 1.82) is 0 Å². The molecule has 1 aromatic rings. The Morgan fingerprint density at radius 2 is 1.77 bits per heavy atom. The summed E-state index contributed by atoms with van der Waals surface area (Å²) in [6.07, 6.45) is 1.21. The second kappa shape index (κ2) is 11.9. The Bertz CT molecular complexity index is 705. The molecule has 0 saturated carbocycles. The molecule has 0 heterocycles. The van der Waals surface area contributed by atoms with Crippen LogP contribution < -0.4 is 4.74 Å². The van der Waals surface area contributed by atoms with Crippen molar-refractivity contribution in [1.82, 2.24) is 0 Å². The highest BCUT2D eigenvalue weighted by Crippen LogP contribution is 2.37. The van der Waals surface area contributed by atoms with Gasteiger partial charge in [-0.3, -0.25) is 0 Å². The van der Waals surface area contributed by atoms with Crippen LogP contribution >= 0.6 is 0 Å². The van der Waals surface area contributed by atoms with Gasteiger partial charge in [0.25, 0.3) is 0 Å². The highest BCUT2D eigenvalue weighted by atomic mass is 28.4. The number of carbonyl (C=O) groups is 2. The molecule has 0 N–H and O–H groups in total. The normalized spacial score (nSPS) is 13.5. The lowest BCUT2D eigenvalue weighted by Gasteiger charge is -2.37. The lowest BCUT2D eigenvalue weighted by Crippen LogP contribution is -2.45. The first-order chi connectivity index (χ1) is 14.0. The predicted molar refractivity (Wildman–Crippen MR) is 117 cm³/mol. The van der Waals surface area contributed by atoms with E-state index in [2.05, 4.69) is 38.6 Å². The van der Waals surface area contributed by atoms with Gasteiger partial charge in [0.15, 0.2) is 14.6 Å². The molecule has 0 radical (unpaired) electrons. The van der Waals surface area contributed by atoms with Gasteiger partial charge in [0.2, 0.25) is 0 Å². The lowest BCUT2D eigenvalue weighted by atomic mass is 10.2. The quantitative estimate of drug-likeness (QED) is 0.161. The molecule has 168 valence electrons. The zero-order valence-corrected chi connectivity index (χ0v) is 20.0. The number of esters is 1. The third kappa shape index (κ3) is 8.69. The van der Waals surface area contributed by atoms with Crippen molar-refractivity contribution in [3.8, 4) is 5.75 Å². The fraction of sp³-hybridized carbons (Fsp3) is 0.545. The minimum atomic E-state index is -2.14. The van der Waals surface area contributed by atoms with Gasteiger partial charge in [0.05, 0.1) is 26.9 Å². The summed E-state index contributed by atoms with van der Waals surface area (Å²) < 4.78 is 27.2. The van der Waals surface area contributed by atoms with E-state index in [1.807, 2.05) is 24.3 Å². The first-order valence-electron chi connectivity index (χ1n) is 9.77. The number of benzene rings is 1. The van der Waals surface area contributed by atoms with Gasteiger partial charge in [-0.1, -0.05) is 32.9 Å². The topological polar surface area (TPSA) is 80.3 Å². The molecule has 0 saturated heterocycles. The van der Waals surface area contributed by atoms with Crippen LogP contribution in [0.3, 0.4) is 0 Å². The SMILES string of the molecule is COC(=O)/C=C(\COCc1ccc(OC)cc1)OC[C@H](C=O)O[Si](C)(C)C(C)(C)C. The number of hydrogen-bond acceptors (Lipinski definition) is 7. The molecule has 30 heavy (non-hydrogen) atoms. The molecule has 0 aromatic heterocycles. The number of carbonyl (C=O) groups excluding carboxylic acids is 2. The van der Waals surface area contributed by atoms with E-state index in [0.717, 1.165) is 17.6 Å². The van der Waals surface area contributed by atoms with Gasteiger partial charge in [-0.05, 0) is 35.8 Å². The lowest BCUT2D eigenvalue weighted by molar-refractivity contribution is -0.135. The van der Waals surface area contributed by atoms with Crippen LogP contribution in [0.15, 0.2) is 36.1 Å². The Morgan fingerprint density at radius 1 is 1.13 bits per heavy atom. The largest absolute Gasteiger partial charge is 0.497 e. The van der Waals surface area contributed by atoms with E-state index in [4.69, 9.17) is 18.6 Å². The molecule has 7 nitrogen and oxygen atoms in total. The maximum Gasteiger partial charge on any atom is 0.333 e. The van der Waals surface area contributed by atoms with Crippen LogP contribution in [0, 0.1) is 0 Å². The van der Waals surface area contributed by atoms with Crippen LogP contribution in [0.2, 0.25) is 18.1 Å². The second-order valence-electron chi connectivity index (χ2n) is 8.34. The van der Waals surface area contributed by atoms with E-state index in [-0.39, 0.29) is 24.0 Å². The summed E-state index contributed by atoms with van der Waals surface area (Å²) in [6, 6.07) is 7.46. The molecular weight excluding hydrogens is 404 g/mol. The molecule has 0 aliphatic heterocycles. The van der Waals surface area contributed by atoms with E-state index in [9.17, 15) is 9.59 Å². The minimum Gasteiger partial charge on any atom is -0.497 e. The number of hydrogen-bond donors (Lipinski definition) is 0. The van der Waals surface area contributed by atoms with Crippen molar-refractivity contribution in [3.63, 3.8) is 0 Å². The summed E-state index contributed by atoms with van der Waals surface area (Å²) in [5.41, 5.74) is 0.945. The average molecular weight is 439 g/mol. The van der Waals surface area contributed by atoms with Crippen LogP contribution in [-0.2, 0) is 34.8 Å². The monoisotopic (exact) mass is 438 g/mol. The summed E-state index contributed by atoms with van der Waals surface area (Å²) in [6.45, 7) is 10.8. The number of aldehydes is 1. The third-order valence-corrected chi connectivity index (χ3v) is 9.49. The summed E-state index contributed by atoms with van der Waals surface area (Å²) >= 11 is 0. The van der Waals surface area contributed by atoms with Crippen molar-refractivity contribution in [2.75, 3.05) is 27.4 Å². The molecule has 8 heteroatoms. The van der Waals surface area contributed by atoms with Crippen molar-refractivity contribution in [3.05, 3.63) is 41.7 Å². The fourth-order valence-corrected chi connectivity index (χ4v) is 3.39. The zero-order valence-electron chi connectivity index (χ0n) is 19.0. The Labute approximate surface area is 180 Å². The first kappa shape index (κ1) is 25.9. The molecule has 0 unspecified atom stereocenters. The van der Waals surface area contributed by atoms with Gasteiger partial charge in [-0.15, -0.1) is 0 Å². The van der Waals surface area contributed by atoms with Gasteiger partial charge >= 0.3 is 5.97 Å². The fourth-order valence-electron chi connectivity index (χ4n) is 2.15. The van der Waals surface area contributed by atoms with Crippen molar-refractivity contribution in [2.24, 2.45) is 0 Å². The molecule has 1 rings (SSSR count). The molecule has 0 spiro atoms. The van der Waals surface area contributed by atoms with E-state index in [1.165, 1.54) is 13.2 Å². The van der Waals surface area contributed by atoms with Crippen LogP contribution in [0.25, 0.3) is 0 Å². The van der Waals surface area contributed by atoms with Crippen molar-refractivity contribution < 1.29 is 33.0 Å². The van der Waals surface area contributed by atoms with Crippen LogP contribution in [0.5, 0.6) is 5.75 Å². The van der Waals surface area contributed by atoms with E-state index < -0.39 is 20.4 Å². The van der Waals surface area contributed by atoms with Crippen LogP contribution in [0.1, 0.15) is 26.3 Å². The van der Waals surface area contributed by atoms with Gasteiger partial charge < -0.3 is 28.2 Å². The van der Waals surface area contributed by atoms with Gasteiger partial charge in [-0.2, -0.15) is 0 Å². The molecule has 0 bridgehead atoms. The Hall–Kier alpha value is -2.16. The second-order valence-corrected chi connectivity index (χ2v) is 13.1. The highest BCUT2D eigenvalue weighted by Gasteiger charge is 2.39. The molecule has 0 aliphatic carbocycles. The average Bonchev–Trinajstić information content (AvgIpc) is 2.70. The highest BCUT2D eigenvalue weighted by molar-refractivity contribution is 6.74. The molecule has 0 aliphatic rings. The molecular formula is C22H34O7Si. The van der Waals surface area contributed by atoms with Crippen molar-refractivity contribution in [2.45, 2.75) is 51.6 Å². The van der Waals surface area contributed by atoms with E-state index in [1.54, 1.807) is 7.11 Å². The maximum absolute atomic E-state index is 11.7. The van der Waals surface area contributed by atoms with Gasteiger partial charge in [-0.25, -0.2) is 4.79 Å². The summed E-state index contributed by atoms with van der Waals surface area (Å²) in [5, 5.41) is -0.0412. The van der Waals surface area contributed by atoms with E-state index >= 15 is 0 Å². The van der Waals surface area contributed by atoms with E-state index in [0.29, 0.717) is 6.61 Å². The summed E-state index contributed by atoms with van der Waals surface area (Å²) in [5.74, 6) is 0.460. The van der Waals surface area contributed by atoms with Crippen LogP contribution in [0.4, 0.5) is 0 Å². The standard InChI is InChI=1S/C22H34O7Si/c1-22(2,3)30(6,7)29-20(13-23)16-28-19(12-21(24)26-5)15-27-14-17-8-10-18(25-4)11-9-17/h8-13,20H,14-16H2,1-7H3/b19-12+/t20-/m0/s1. The molecule has 1 aromatic carbocycles. The number of rotatable bonds is 12. The molecule has 0 amide bonds. The number of methoxy groups -OCH3 is 2. The summed E-state index contributed by atoms with van der Waals surface area (Å²) in [4.78, 5) is 23.2. The molecule has 0 fully saturated rings. The van der Waals surface area contributed by atoms with Gasteiger partial charge in [0.1, 0.15) is 30.8 Å². The first-order valence-corrected chi connectivity index (χ1v) is 12.7. The maximum atomic E-state index is 11.7. The summed E-state index contributed by atoms with van der Waals surface area (Å²) in [7, 11) is 0.745. The Balaban J connectivity index is 2.70. The smallest absolute Gasteiger partial charge is 0.333 e. The van der Waals surface area contributed by atoms with Crippen molar-refractivity contribution >= 4 is 20.6 Å². The Kier molecular flexibility index (Phi) is 10.2. The van der Waals surface area contributed by atoms with Gasteiger partial charge in [0, 0.05) is 0 Å². The molecule has 1 atom stereocenters. The number of ether oxygens (including phenoxy) is 4. The Morgan fingerprint density at radius 3 is 2.27 bits per heavy atom. The zero-order chi connectivity index (χ0) is 22.8. The van der Waals surface area contributed by atoms with Crippen LogP contribution in [-0.4, -0.2) is 54.1 Å². The minimum absolute atomic E-state index is 0.00919.